The fourth-order valence-corrected chi connectivity index (χ4v) is 5.12. The Balaban J connectivity index is 1.72. The van der Waals surface area contributed by atoms with Crippen molar-refractivity contribution in [3.05, 3.63) is 35.5 Å². The van der Waals surface area contributed by atoms with Crippen molar-refractivity contribution >= 4 is 21.4 Å². The number of nitrogens with zero attached hydrogens (tertiary/aromatic N) is 3. The molecule has 11 heteroatoms. The molecule has 1 unspecified atom stereocenters. The van der Waals surface area contributed by atoms with Crippen LogP contribution in [0.25, 0.3) is 0 Å². The van der Waals surface area contributed by atoms with Crippen LogP contribution in [-0.2, 0) is 16.2 Å². The quantitative estimate of drug-likeness (QED) is 0.799. The Morgan fingerprint density at radius 2 is 2.12 bits per heavy atom. The molecule has 25 heavy (non-hydrogen) atoms. The molecule has 3 rings (SSSR count). The Kier molecular flexibility index (Phi) is 4.98. The molecule has 0 amide bonds. The highest BCUT2D eigenvalue weighted by Gasteiger charge is 2.34. The van der Waals surface area contributed by atoms with Crippen molar-refractivity contribution in [2.45, 2.75) is 29.3 Å². The van der Waals surface area contributed by atoms with Crippen molar-refractivity contribution in [2.75, 3.05) is 13.1 Å². The summed E-state index contributed by atoms with van der Waals surface area (Å²) in [4.78, 5) is 7.04. The van der Waals surface area contributed by atoms with Crippen molar-refractivity contribution < 1.29 is 26.3 Å². The first kappa shape index (κ1) is 18.1. The molecule has 1 aliphatic heterocycles. The van der Waals surface area contributed by atoms with Crippen LogP contribution in [-0.4, -0.2) is 41.9 Å². The zero-order valence-electron chi connectivity index (χ0n) is 12.8. The molecule has 1 atom stereocenters. The van der Waals surface area contributed by atoms with Crippen molar-refractivity contribution in [1.29, 1.82) is 0 Å². The molecule has 136 valence electrons. The van der Waals surface area contributed by atoms with Gasteiger partial charge in [-0.25, -0.2) is 13.4 Å². The molecule has 0 saturated carbocycles. The SMILES string of the molecule is O=S(=O)(c1cccs1)N1CCCC(Oc2nccc(C(F)(F)F)n2)C1. The van der Waals surface area contributed by atoms with Crippen LogP contribution in [0.1, 0.15) is 18.5 Å². The number of thiophene rings is 1. The van der Waals surface area contributed by atoms with Crippen molar-refractivity contribution in [1.82, 2.24) is 14.3 Å². The zero-order valence-corrected chi connectivity index (χ0v) is 14.4. The molecule has 6 nitrogen and oxygen atoms in total. The number of rotatable bonds is 4. The first-order valence-corrected chi connectivity index (χ1v) is 9.69. The lowest BCUT2D eigenvalue weighted by Crippen LogP contribution is -2.44. The van der Waals surface area contributed by atoms with E-state index in [1.807, 2.05) is 0 Å². The molecule has 1 saturated heterocycles. The molecule has 0 radical (unpaired) electrons. The normalized spacial score (nSPS) is 19.7. The van der Waals surface area contributed by atoms with Crippen LogP contribution in [0.2, 0.25) is 0 Å². The number of halogens is 3. The molecule has 0 bridgehead atoms. The molecule has 3 heterocycles. The fourth-order valence-electron chi connectivity index (χ4n) is 2.46. The Bertz CT molecular complexity index is 825. The number of piperidine rings is 1. The minimum atomic E-state index is -4.60. The second-order valence-electron chi connectivity index (χ2n) is 5.40. The first-order chi connectivity index (χ1) is 11.8. The smallest absolute Gasteiger partial charge is 0.433 e. The Hall–Kier alpha value is -1.72. The van der Waals surface area contributed by atoms with Gasteiger partial charge in [0.1, 0.15) is 10.3 Å². The summed E-state index contributed by atoms with van der Waals surface area (Å²) in [6, 6.07) is 3.50. The lowest BCUT2D eigenvalue weighted by Gasteiger charge is -2.31. The van der Waals surface area contributed by atoms with Gasteiger partial charge in [0.05, 0.1) is 6.54 Å². The molecular formula is C14H14F3N3O3S2. The van der Waals surface area contributed by atoms with E-state index in [-0.39, 0.29) is 10.8 Å². The van der Waals surface area contributed by atoms with E-state index < -0.39 is 34.0 Å². The highest BCUT2D eigenvalue weighted by atomic mass is 32.2. The summed E-state index contributed by atoms with van der Waals surface area (Å²) in [5.41, 5.74) is -1.10. The minimum Gasteiger partial charge on any atom is -0.459 e. The van der Waals surface area contributed by atoms with Crippen molar-refractivity contribution in [3.8, 4) is 6.01 Å². The molecule has 1 aliphatic rings. The second kappa shape index (κ2) is 6.89. The molecule has 2 aromatic heterocycles. The minimum absolute atomic E-state index is 0.0415. The number of ether oxygens (including phenoxy) is 1. The molecule has 2 aromatic rings. The van der Waals surface area contributed by atoms with Crippen LogP contribution >= 0.6 is 11.3 Å². The van der Waals surface area contributed by atoms with Gasteiger partial charge < -0.3 is 4.74 Å². The summed E-state index contributed by atoms with van der Waals surface area (Å²) < 4.78 is 70.0. The van der Waals surface area contributed by atoms with Crippen LogP contribution in [0.3, 0.4) is 0 Å². The van der Waals surface area contributed by atoms with E-state index in [0.29, 0.717) is 19.4 Å². The highest BCUT2D eigenvalue weighted by Crippen LogP contribution is 2.29. The van der Waals surface area contributed by atoms with Gasteiger partial charge in [-0.1, -0.05) is 6.07 Å². The van der Waals surface area contributed by atoms with Gasteiger partial charge in [0, 0.05) is 12.7 Å². The van der Waals surface area contributed by atoms with E-state index in [1.165, 1.54) is 10.4 Å². The maximum absolute atomic E-state index is 12.7. The molecule has 0 spiro atoms. The number of sulfonamides is 1. The standard InChI is InChI=1S/C14H14F3N3O3S2/c15-14(16,17)11-5-6-18-13(19-11)23-10-3-1-7-20(9-10)25(21,22)12-4-2-8-24-12/h2,4-6,8,10H,1,3,7,9H2. The predicted octanol–water partition coefficient (Wildman–Crippen LogP) is 2.79. The van der Waals surface area contributed by atoms with Gasteiger partial charge in [-0.05, 0) is 30.4 Å². The highest BCUT2D eigenvalue weighted by molar-refractivity contribution is 7.91. The van der Waals surface area contributed by atoms with Gasteiger partial charge in [-0.15, -0.1) is 11.3 Å². The van der Waals surface area contributed by atoms with Gasteiger partial charge in [-0.2, -0.15) is 22.5 Å². The van der Waals surface area contributed by atoms with Gasteiger partial charge in [0.25, 0.3) is 10.0 Å². The monoisotopic (exact) mass is 393 g/mol. The third-order valence-corrected chi connectivity index (χ3v) is 6.86. The van der Waals surface area contributed by atoms with Gasteiger partial charge in [-0.3, -0.25) is 0 Å². The van der Waals surface area contributed by atoms with Crippen LogP contribution in [0, 0.1) is 0 Å². The summed E-state index contributed by atoms with van der Waals surface area (Å²) >= 11 is 1.11. The molecule has 0 aliphatic carbocycles. The third kappa shape index (κ3) is 4.10. The van der Waals surface area contributed by atoms with E-state index in [1.54, 1.807) is 11.4 Å². The number of aromatic nitrogens is 2. The maximum atomic E-state index is 12.7. The lowest BCUT2D eigenvalue weighted by atomic mass is 10.1. The average molecular weight is 393 g/mol. The summed E-state index contributed by atoms with van der Waals surface area (Å²) in [5, 5.41) is 1.67. The second-order valence-corrected chi connectivity index (χ2v) is 8.51. The van der Waals surface area contributed by atoms with E-state index in [2.05, 4.69) is 9.97 Å². The van der Waals surface area contributed by atoms with Crippen LogP contribution in [0.5, 0.6) is 6.01 Å². The van der Waals surface area contributed by atoms with Crippen LogP contribution in [0.4, 0.5) is 13.2 Å². The molecular weight excluding hydrogens is 379 g/mol. The Labute approximate surface area is 146 Å². The summed E-state index contributed by atoms with van der Waals surface area (Å²) in [6.45, 7) is 0.378. The van der Waals surface area contributed by atoms with E-state index >= 15 is 0 Å². The summed E-state index contributed by atoms with van der Waals surface area (Å²) in [5.74, 6) is 0. The largest absolute Gasteiger partial charge is 0.459 e. The van der Waals surface area contributed by atoms with Crippen LogP contribution < -0.4 is 4.74 Å². The van der Waals surface area contributed by atoms with Crippen molar-refractivity contribution in [2.24, 2.45) is 0 Å². The number of hydrogen-bond acceptors (Lipinski definition) is 6. The fraction of sp³-hybridized carbons (Fsp3) is 0.429. The Morgan fingerprint density at radius 3 is 2.80 bits per heavy atom. The summed E-state index contributed by atoms with van der Waals surface area (Å²) in [7, 11) is -3.62. The number of alkyl halides is 3. The first-order valence-electron chi connectivity index (χ1n) is 7.37. The molecule has 0 aromatic carbocycles. The van der Waals surface area contributed by atoms with Gasteiger partial charge >= 0.3 is 12.2 Å². The lowest BCUT2D eigenvalue weighted by molar-refractivity contribution is -0.141. The van der Waals surface area contributed by atoms with Gasteiger partial charge in [0.15, 0.2) is 5.69 Å². The van der Waals surface area contributed by atoms with Gasteiger partial charge in [0.2, 0.25) is 0 Å². The molecule has 0 N–H and O–H groups in total. The van der Waals surface area contributed by atoms with E-state index in [4.69, 9.17) is 4.74 Å². The van der Waals surface area contributed by atoms with E-state index in [0.717, 1.165) is 23.6 Å². The van der Waals surface area contributed by atoms with E-state index in [9.17, 15) is 21.6 Å². The summed E-state index contributed by atoms with van der Waals surface area (Å²) in [6.07, 6.45) is -3.19. The van der Waals surface area contributed by atoms with Crippen LogP contribution in [0.15, 0.2) is 34.0 Å². The van der Waals surface area contributed by atoms with Crippen molar-refractivity contribution in [3.63, 3.8) is 0 Å². The molecule has 1 fully saturated rings. The topological polar surface area (TPSA) is 72.4 Å². The number of hydrogen-bond donors (Lipinski definition) is 0. The zero-order chi connectivity index (χ0) is 18.1. The predicted molar refractivity (Wildman–Crippen MR) is 83.8 cm³/mol. The maximum Gasteiger partial charge on any atom is 0.433 e. The third-order valence-electron chi connectivity index (χ3n) is 3.63. The average Bonchev–Trinajstić information content (AvgIpc) is 3.10. The Morgan fingerprint density at radius 1 is 1.32 bits per heavy atom.